The summed E-state index contributed by atoms with van der Waals surface area (Å²) < 4.78 is 40.1. The zero-order chi connectivity index (χ0) is 21.6. The highest BCUT2D eigenvalue weighted by Gasteiger charge is 2.41. The van der Waals surface area contributed by atoms with Crippen molar-refractivity contribution in [1.29, 1.82) is 0 Å². The van der Waals surface area contributed by atoms with Crippen LogP contribution in [0, 0.1) is 0 Å². The van der Waals surface area contributed by atoms with Gasteiger partial charge in [0.25, 0.3) is 0 Å². The topological polar surface area (TPSA) is 63.1 Å². The summed E-state index contributed by atoms with van der Waals surface area (Å²) in [7, 11) is 0. The molecule has 2 aromatic rings. The molecule has 6 nitrogen and oxygen atoms in total. The highest BCUT2D eigenvalue weighted by atomic mass is 19.4. The number of carbonyl (C=O) groups excluding carboxylic acids is 1. The zero-order valence-electron chi connectivity index (χ0n) is 17.3. The number of piperidine rings is 1. The van der Waals surface area contributed by atoms with Crippen molar-refractivity contribution in [2.75, 3.05) is 13.1 Å². The summed E-state index contributed by atoms with van der Waals surface area (Å²) in [5, 5.41) is 7.66. The van der Waals surface area contributed by atoms with E-state index in [-0.39, 0.29) is 18.0 Å². The molecule has 1 aromatic carbocycles. The van der Waals surface area contributed by atoms with Crippen LogP contribution in [-0.2, 0) is 23.9 Å². The molecule has 3 heterocycles. The van der Waals surface area contributed by atoms with E-state index in [4.69, 9.17) is 0 Å². The van der Waals surface area contributed by atoms with Crippen LogP contribution in [0.1, 0.15) is 49.9 Å². The number of halogens is 3. The Bertz CT molecular complexity index is 955. The molecule has 5 rings (SSSR count). The maximum atomic E-state index is 12.8. The Labute approximate surface area is 178 Å². The number of fused-ring (bicyclic) bond motifs is 1. The maximum absolute atomic E-state index is 12.8. The smallest absolute Gasteiger partial charge is 0.349 e. The molecule has 3 aliphatic rings. The van der Waals surface area contributed by atoms with E-state index in [0.29, 0.717) is 29.7 Å². The number of amides is 1. The highest BCUT2D eigenvalue weighted by Crippen LogP contribution is 2.34. The molecular formula is C22H26F3N5O. The van der Waals surface area contributed by atoms with Crippen LogP contribution in [0.3, 0.4) is 0 Å². The van der Waals surface area contributed by atoms with Crippen molar-refractivity contribution in [3.8, 4) is 11.4 Å². The third kappa shape index (κ3) is 4.07. The minimum absolute atomic E-state index is 0.0804. The summed E-state index contributed by atoms with van der Waals surface area (Å²) in [6, 6.07) is 5.51. The van der Waals surface area contributed by atoms with Crippen molar-refractivity contribution in [3.05, 3.63) is 35.7 Å². The standard InChI is InChI=1S/C22H26F3N5O/c23-22(24,25)16-7-5-15(6-8-16)20-26-18-13-21(27-19(31)14-30(18)28-20)9-11-29(12-10-21)17-3-1-2-4-17/h5-8,17H,1-4,9-14H2,(H,27,31). The number of alkyl halides is 3. The van der Waals surface area contributed by atoms with Crippen LogP contribution in [-0.4, -0.2) is 50.2 Å². The number of aromatic nitrogens is 3. The Morgan fingerprint density at radius 1 is 1.06 bits per heavy atom. The summed E-state index contributed by atoms with van der Waals surface area (Å²) in [4.78, 5) is 19.8. The van der Waals surface area contributed by atoms with Crippen LogP contribution in [0.5, 0.6) is 0 Å². The Morgan fingerprint density at radius 2 is 1.74 bits per heavy atom. The van der Waals surface area contributed by atoms with Crippen LogP contribution in [0.2, 0.25) is 0 Å². The van der Waals surface area contributed by atoms with Crippen LogP contribution in [0.25, 0.3) is 11.4 Å². The van der Waals surface area contributed by atoms with Crippen LogP contribution >= 0.6 is 0 Å². The number of nitrogens with zero attached hydrogens (tertiary/aromatic N) is 4. The number of hydrogen-bond acceptors (Lipinski definition) is 4. The van der Waals surface area contributed by atoms with E-state index in [2.05, 4.69) is 20.3 Å². The van der Waals surface area contributed by atoms with Gasteiger partial charge in [-0.05, 0) is 37.8 Å². The molecule has 1 spiro atoms. The number of rotatable bonds is 2. The molecule has 0 atom stereocenters. The first-order chi connectivity index (χ1) is 14.8. The molecule has 9 heteroatoms. The third-order valence-electron chi connectivity index (χ3n) is 7.01. The van der Waals surface area contributed by atoms with Gasteiger partial charge in [-0.15, -0.1) is 0 Å². The molecule has 2 fully saturated rings. The van der Waals surface area contributed by atoms with Crippen molar-refractivity contribution in [1.82, 2.24) is 25.0 Å². The van der Waals surface area contributed by atoms with Gasteiger partial charge < -0.3 is 10.2 Å². The summed E-state index contributed by atoms with van der Waals surface area (Å²) in [5.41, 5.74) is -0.520. The molecule has 1 saturated carbocycles. The molecule has 166 valence electrons. The number of benzene rings is 1. The van der Waals surface area contributed by atoms with Gasteiger partial charge in [-0.25, -0.2) is 9.67 Å². The van der Waals surface area contributed by atoms with Gasteiger partial charge in [0.05, 0.1) is 5.56 Å². The van der Waals surface area contributed by atoms with E-state index in [0.717, 1.165) is 38.1 Å². The fourth-order valence-corrected chi connectivity index (χ4v) is 5.27. The number of hydrogen-bond donors (Lipinski definition) is 1. The fourth-order valence-electron chi connectivity index (χ4n) is 5.27. The van der Waals surface area contributed by atoms with Crippen LogP contribution in [0.4, 0.5) is 13.2 Å². The number of carbonyl (C=O) groups is 1. The molecule has 31 heavy (non-hydrogen) atoms. The Balaban J connectivity index is 1.35. The maximum Gasteiger partial charge on any atom is 0.416 e. The second-order valence-electron chi connectivity index (χ2n) is 9.06. The van der Waals surface area contributed by atoms with E-state index in [1.807, 2.05) is 0 Å². The molecule has 0 bridgehead atoms. The Morgan fingerprint density at radius 3 is 2.39 bits per heavy atom. The lowest BCUT2D eigenvalue weighted by Crippen LogP contribution is -2.57. The predicted molar refractivity (Wildman–Crippen MR) is 108 cm³/mol. The second kappa shape index (κ2) is 7.62. The van der Waals surface area contributed by atoms with Gasteiger partial charge in [0.15, 0.2) is 5.82 Å². The average Bonchev–Trinajstić information content (AvgIpc) is 3.37. The minimum Gasteiger partial charge on any atom is -0.349 e. The quantitative estimate of drug-likeness (QED) is 0.789. The average molecular weight is 433 g/mol. The van der Waals surface area contributed by atoms with Gasteiger partial charge in [0.2, 0.25) is 5.91 Å². The van der Waals surface area contributed by atoms with Crippen molar-refractivity contribution in [3.63, 3.8) is 0 Å². The van der Waals surface area contributed by atoms with E-state index in [9.17, 15) is 18.0 Å². The first-order valence-corrected chi connectivity index (χ1v) is 11.0. The van der Waals surface area contributed by atoms with Gasteiger partial charge in [-0.3, -0.25) is 4.79 Å². The summed E-state index contributed by atoms with van der Waals surface area (Å²) in [6.45, 7) is 2.01. The Hall–Kier alpha value is -2.42. The van der Waals surface area contributed by atoms with Gasteiger partial charge in [-0.1, -0.05) is 25.0 Å². The Kier molecular flexibility index (Phi) is 5.03. The highest BCUT2D eigenvalue weighted by molar-refractivity contribution is 5.77. The molecule has 1 amide bonds. The number of likely N-dealkylation sites (tertiary alicyclic amines) is 1. The molecule has 1 N–H and O–H groups in total. The molecule has 0 radical (unpaired) electrons. The lowest BCUT2D eigenvalue weighted by Gasteiger charge is -2.43. The van der Waals surface area contributed by atoms with Gasteiger partial charge >= 0.3 is 6.18 Å². The van der Waals surface area contributed by atoms with Crippen LogP contribution in [0.15, 0.2) is 24.3 Å². The van der Waals surface area contributed by atoms with Crippen molar-refractivity contribution < 1.29 is 18.0 Å². The zero-order valence-corrected chi connectivity index (χ0v) is 17.3. The molecule has 0 unspecified atom stereocenters. The van der Waals surface area contributed by atoms with Gasteiger partial charge in [0.1, 0.15) is 12.4 Å². The van der Waals surface area contributed by atoms with E-state index >= 15 is 0 Å². The van der Waals surface area contributed by atoms with E-state index < -0.39 is 11.7 Å². The second-order valence-corrected chi connectivity index (χ2v) is 9.06. The minimum atomic E-state index is -4.38. The lowest BCUT2D eigenvalue weighted by atomic mass is 9.83. The van der Waals surface area contributed by atoms with Gasteiger partial charge in [-0.2, -0.15) is 18.3 Å². The SMILES string of the molecule is O=C1Cn2nc(-c3ccc(C(F)(F)F)cc3)nc2CC2(CCN(C3CCCC3)CC2)N1. The normalized spacial score (nSPS) is 22.4. The predicted octanol–water partition coefficient (Wildman–Crippen LogP) is 3.41. The lowest BCUT2D eigenvalue weighted by molar-refractivity contribution is -0.137. The summed E-state index contributed by atoms with van der Waals surface area (Å²) in [6.07, 6.45) is 3.10. The van der Waals surface area contributed by atoms with Crippen molar-refractivity contribution >= 4 is 5.91 Å². The first-order valence-electron chi connectivity index (χ1n) is 11.0. The monoisotopic (exact) mass is 433 g/mol. The van der Waals surface area contributed by atoms with Gasteiger partial charge in [0, 0.05) is 36.7 Å². The molecule has 1 saturated heterocycles. The van der Waals surface area contributed by atoms with E-state index in [1.54, 1.807) is 4.68 Å². The van der Waals surface area contributed by atoms with Crippen molar-refractivity contribution in [2.24, 2.45) is 0 Å². The molecule has 1 aliphatic carbocycles. The largest absolute Gasteiger partial charge is 0.416 e. The number of nitrogens with one attached hydrogen (secondary N) is 1. The molecule has 2 aliphatic heterocycles. The first kappa shape index (κ1) is 20.5. The molecule has 1 aromatic heterocycles. The fraction of sp³-hybridized carbons (Fsp3) is 0.591. The van der Waals surface area contributed by atoms with E-state index in [1.165, 1.54) is 37.8 Å². The summed E-state index contributed by atoms with van der Waals surface area (Å²) >= 11 is 0. The molecular weight excluding hydrogens is 407 g/mol. The van der Waals surface area contributed by atoms with Crippen molar-refractivity contribution in [2.45, 2.75) is 69.2 Å². The van der Waals surface area contributed by atoms with Crippen LogP contribution < -0.4 is 5.32 Å². The third-order valence-corrected chi connectivity index (χ3v) is 7.01. The summed E-state index contributed by atoms with van der Waals surface area (Å²) in [5.74, 6) is 0.983.